The Labute approximate surface area is 414 Å². The minimum absolute atomic E-state index is 0.574. The van der Waals surface area contributed by atoms with Crippen molar-refractivity contribution < 1.29 is 4.42 Å². The molecule has 336 valence electrons. The van der Waals surface area contributed by atoms with Crippen molar-refractivity contribution in [2.45, 2.75) is 13.8 Å². The first kappa shape index (κ1) is 42.2. The Hall–Kier alpha value is -8.97. The maximum Gasteiger partial charge on any atom is 0.164 e. The topological polar surface area (TPSA) is 56.7 Å². The molecule has 0 aliphatic rings. The largest absolute Gasteiger partial charge is 0.456 e. The van der Waals surface area contributed by atoms with Crippen LogP contribution in [0.15, 0.2) is 235 Å². The van der Waals surface area contributed by atoms with Gasteiger partial charge in [-0.25, -0.2) is 15.0 Å². The molecule has 0 bridgehead atoms. The quantitative estimate of drug-likeness (QED) is 0.160. The van der Waals surface area contributed by atoms with E-state index in [1.807, 2.05) is 79.8 Å². The Balaban J connectivity index is 0.00000243. The first-order valence-corrected chi connectivity index (χ1v) is 25.0. The molecule has 0 atom stereocenters. The first-order chi connectivity index (χ1) is 35.2. The second kappa shape index (κ2) is 17.5. The van der Waals surface area contributed by atoms with Crippen LogP contribution in [0.3, 0.4) is 0 Å². The van der Waals surface area contributed by atoms with Gasteiger partial charge in [0.15, 0.2) is 17.5 Å². The van der Waals surface area contributed by atoms with E-state index in [4.69, 9.17) is 19.4 Å². The highest BCUT2D eigenvalue weighted by Gasteiger charge is 2.21. The molecule has 0 N–H and O–H groups in total. The van der Waals surface area contributed by atoms with E-state index < -0.39 is 0 Å². The van der Waals surface area contributed by atoms with Crippen molar-refractivity contribution in [1.29, 1.82) is 0 Å². The van der Waals surface area contributed by atoms with Crippen LogP contribution in [0.2, 0.25) is 0 Å². The number of nitrogens with zero attached hydrogens (tertiary/aromatic N) is 4. The molecule has 0 aliphatic carbocycles. The van der Waals surface area contributed by atoms with Crippen LogP contribution in [0.25, 0.3) is 137 Å². The van der Waals surface area contributed by atoms with Gasteiger partial charge in [-0.15, -0.1) is 11.3 Å². The monoisotopic (exact) mass is 928 g/mol. The summed E-state index contributed by atoms with van der Waals surface area (Å²) >= 11 is 1.85. The Morgan fingerprint density at radius 2 is 0.915 bits per heavy atom. The van der Waals surface area contributed by atoms with Crippen LogP contribution in [-0.4, -0.2) is 19.5 Å². The normalized spacial score (nSPS) is 11.5. The summed E-state index contributed by atoms with van der Waals surface area (Å²) in [7, 11) is 0. The van der Waals surface area contributed by atoms with Gasteiger partial charge in [-0.3, -0.25) is 0 Å². The molecule has 4 heterocycles. The van der Waals surface area contributed by atoms with E-state index in [-0.39, 0.29) is 0 Å². The predicted molar refractivity (Wildman–Crippen MR) is 298 cm³/mol. The number of rotatable bonds is 7. The van der Waals surface area contributed by atoms with Crippen LogP contribution in [0, 0.1) is 0 Å². The van der Waals surface area contributed by atoms with Gasteiger partial charge >= 0.3 is 0 Å². The summed E-state index contributed by atoms with van der Waals surface area (Å²) < 4.78 is 11.4. The molecule has 0 fully saturated rings. The van der Waals surface area contributed by atoms with Gasteiger partial charge in [0.25, 0.3) is 0 Å². The van der Waals surface area contributed by atoms with Crippen LogP contribution in [0.4, 0.5) is 0 Å². The molecule has 14 rings (SSSR count). The summed E-state index contributed by atoms with van der Waals surface area (Å²) in [6, 6.07) is 81.9. The number of thiophene rings is 1. The van der Waals surface area contributed by atoms with E-state index in [1.54, 1.807) is 0 Å². The Kier molecular flexibility index (Phi) is 10.4. The lowest BCUT2D eigenvalue weighted by Gasteiger charge is -2.14. The molecule has 0 amide bonds. The standard InChI is InChI=1S/C63H38N4OS.C2H6/c1-3-15-39(16-4-1)41-32-34-54-53(37-41)51-27-13-26-48(43-20-11-19-42(35-43)47-25-14-30-58-59(47)52-24-8-10-29-57(52)69-58)60(51)67(54)46-22-12-21-44(36-46)62-64-61(40-17-5-2-6-18-40)65-63(66-62)45-31-33-50-49-23-7-9-28-55(49)68-56(50)38-45;1-2/h1-38H;1-2H3. The highest BCUT2D eigenvalue weighted by molar-refractivity contribution is 7.25. The predicted octanol–water partition coefficient (Wildman–Crippen LogP) is 18.3. The van der Waals surface area contributed by atoms with Gasteiger partial charge in [0.1, 0.15) is 11.2 Å². The number of hydrogen-bond donors (Lipinski definition) is 0. The molecule has 0 unspecified atom stereocenters. The zero-order valence-corrected chi connectivity index (χ0v) is 39.9. The third-order valence-corrected chi connectivity index (χ3v) is 14.6. The Morgan fingerprint density at radius 1 is 0.352 bits per heavy atom. The number of para-hydroxylation sites is 2. The molecular weight excluding hydrogens is 885 g/mol. The lowest BCUT2D eigenvalue weighted by molar-refractivity contribution is 0.669. The van der Waals surface area contributed by atoms with Crippen LogP contribution < -0.4 is 0 Å². The maximum atomic E-state index is 6.33. The zero-order chi connectivity index (χ0) is 47.4. The lowest BCUT2D eigenvalue weighted by atomic mass is 9.95. The molecule has 0 saturated carbocycles. The molecule has 71 heavy (non-hydrogen) atoms. The van der Waals surface area contributed by atoms with Crippen molar-refractivity contribution in [3.05, 3.63) is 231 Å². The molecule has 0 aliphatic heterocycles. The summed E-state index contributed by atoms with van der Waals surface area (Å²) in [6.07, 6.45) is 0. The van der Waals surface area contributed by atoms with Gasteiger partial charge in [0, 0.05) is 69.7 Å². The van der Waals surface area contributed by atoms with Crippen molar-refractivity contribution in [3.8, 4) is 73.2 Å². The summed E-state index contributed by atoms with van der Waals surface area (Å²) in [5, 5.41) is 7.10. The number of furan rings is 1. The smallest absolute Gasteiger partial charge is 0.164 e. The molecule has 0 radical (unpaired) electrons. The fraction of sp³-hybridized carbons (Fsp3) is 0.0308. The molecule has 0 spiro atoms. The van der Waals surface area contributed by atoms with Gasteiger partial charge in [0.2, 0.25) is 0 Å². The molecule has 6 heteroatoms. The van der Waals surface area contributed by atoms with Crippen LogP contribution in [0.1, 0.15) is 13.8 Å². The second-order valence-corrected chi connectivity index (χ2v) is 18.6. The highest BCUT2D eigenvalue weighted by Crippen LogP contribution is 2.44. The van der Waals surface area contributed by atoms with E-state index in [9.17, 15) is 0 Å². The van der Waals surface area contributed by atoms with E-state index in [0.717, 1.165) is 66.5 Å². The van der Waals surface area contributed by atoms with Crippen molar-refractivity contribution in [1.82, 2.24) is 19.5 Å². The average Bonchev–Trinajstić information content (AvgIpc) is 4.13. The maximum absolute atomic E-state index is 6.33. The zero-order valence-electron chi connectivity index (χ0n) is 39.0. The minimum atomic E-state index is 0.574. The molecule has 4 aromatic heterocycles. The van der Waals surface area contributed by atoms with Gasteiger partial charge < -0.3 is 8.98 Å². The Morgan fingerprint density at radius 3 is 1.73 bits per heavy atom. The van der Waals surface area contributed by atoms with Crippen molar-refractivity contribution in [2.75, 3.05) is 0 Å². The van der Waals surface area contributed by atoms with Crippen LogP contribution in [0.5, 0.6) is 0 Å². The fourth-order valence-corrected chi connectivity index (χ4v) is 11.4. The number of benzene rings is 10. The van der Waals surface area contributed by atoms with Gasteiger partial charge in [-0.05, 0) is 88.5 Å². The van der Waals surface area contributed by atoms with Crippen molar-refractivity contribution in [2.24, 2.45) is 0 Å². The summed E-state index contributed by atoms with van der Waals surface area (Å²) in [6.45, 7) is 4.00. The summed E-state index contributed by atoms with van der Waals surface area (Å²) in [4.78, 5) is 15.5. The first-order valence-electron chi connectivity index (χ1n) is 24.2. The van der Waals surface area contributed by atoms with E-state index in [1.165, 1.54) is 53.2 Å². The SMILES string of the molecule is CC.c1ccc(-c2ccc3c(c2)c2cccc(-c4cccc(-c5cccc6sc7ccccc7c56)c4)c2n3-c2cccc(-c3nc(-c4ccccc4)nc(-c4ccc5c(c4)oc4ccccc45)n3)c2)cc1. The molecule has 5 nitrogen and oxygen atoms in total. The second-order valence-electron chi connectivity index (χ2n) is 17.5. The van der Waals surface area contributed by atoms with Gasteiger partial charge in [-0.2, -0.15) is 0 Å². The van der Waals surface area contributed by atoms with E-state index in [2.05, 4.69) is 180 Å². The van der Waals surface area contributed by atoms with E-state index >= 15 is 0 Å². The summed E-state index contributed by atoms with van der Waals surface area (Å²) in [5.74, 6) is 1.76. The molecule has 0 saturated heterocycles. The lowest BCUT2D eigenvalue weighted by Crippen LogP contribution is -2.01. The number of hydrogen-bond acceptors (Lipinski definition) is 5. The Bertz CT molecular complexity index is 4320. The van der Waals surface area contributed by atoms with Crippen LogP contribution in [-0.2, 0) is 0 Å². The highest BCUT2D eigenvalue weighted by atomic mass is 32.1. The van der Waals surface area contributed by atoms with Crippen LogP contribution >= 0.6 is 11.3 Å². The summed E-state index contributed by atoms with van der Waals surface area (Å²) in [5.41, 5.74) is 14.6. The third kappa shape index (κ3) is 7.27. The molecule has 10 aromatic carbocycles. The van der Waals surface area contributed by atoms with Gasteiger partial charge in [-0.1, -0.05) is 184 Å². The van der Waals surface area contributed by atoms with Crippen molar-refractivity contribution >= 4 is 75.3 Å². The fourth-order valence-electron chi connectivity index (χ4n) is 10.2. The third-order valence-electron chi connectivity index (χ3n) is 13.4. The average molecular weight is 929 g/mol. The van der Waals surface area contributed by atoms with Crippen molar-refractivity contribution in [3.63, 3.8) is 0 Å². The van der Waals surface area contributed by atoms with E-state index in [0.29, 0.717) is 17.5 Å². The molecule has 14 aromatic rings. The number of fused-ring (bicyclic) bond motifs is 9. The number of aromatic nitrogens is 4. The molecular formula is C65H44N4OS. The van der Waals surface area contributed by atoms with Gasteiger partial charge in [0.05, 0.1) is 11.0 Å². The minimum Gasteiger partial charge on any atom is -0.456 e.